The van der Waals surface area contributed by atoms with Crippen molar-refractivity contribution in [1.82, 2.24) is 19.7 Å². The first-order valence-electron chi connectivity index (χ1n) is 9.26. The minimum atomic E-state index is -0.267. The lowest BCUT2D eigenvalue weighted by Gasteiger charge is -2.19. The first-order chi connectivity index (χ1) is 13.4. The molecule has 4 aromatic rings. The minimum Gasteiger partial charge on any atom is -0.491 e. The van der Waals surface area contributed by atoms with Crippen LogP contribution in [0, 0.1) is 0 Å². The number of hydrogen-bond acceptors (Lipinski definition) is 5. The molecule has 0 atom stereocenters. The zero-order valence-electron chi connectivity index (χ0n) is 16.2. The monoisotopic (exact) mass is 377 g/mol. The number of aromatic amines is 1. The van der Waals surface area contributed by atoms with Gasteiger partial charge in [-0.15, -0.1) is 0 Å². The number of nitrogens with one attached hydrogen (secondary N) is 2. The minimum absolute atomic E-state index is 0.210. The average molecular weight is 377 g/mol. The van der Waals surface area contributed by atoms with E-state index in [4.69, 9.17) is 4.74 Å². The van der Waals surface area contributed by atoms with E-state index >= 15 is 0 Å². The van der Waals surface area contributed by atoms with Crippen molar-refractivity contribution in [2.24, 2.45) is 0 Å². The summed E-state index contributed by atoms with van der Waals surface area (Å²) in [5, 5.41) is 10.1. The van der Waals surface area contributed by atoms with E-state index in [-0.39, 0.29) is 11.1 Å². The molecule has 2 heterocycles. The van der Waals surface area contributed by atoms with Gasteiger partial charge in [0.2, 0.25) is 5.95 Å². The Labute approximate surface area is 162 Å². The molecule has 0 spiro atoms. The summed E-state index contributed by atoms with van der Waals surface area (Å²) < 4.78 is 7.68. The number of hydrogen-bond donors (Lipinski definition) is 2. The molecule has 0 saturated carbocycles. The van der Waals surface area contributed by atoms with Crippen LogP contribution >= 0.6 is 0 Å². The molecule has 7 nitrogen and oxygen atoms in total. The SMILES string of the molecule is CC(C)(C)n1ncc2c(=O)[nH]c(NCCOc3cccc4ccccc34)nc21. The topological polar surface area (TPSA) is 84.8 Å². The normalized spacial score (nSPS) is 11.8. The number of rotatable bonds is 5. The Bertz CT molecular complexity index is 1180. The van der Waals surface area contributed by atoms with Crippen molar-refractivity contribution in [3.05, 3.63) is 59.0 Å². The highest BCUT2D eigenvalue weighted by Crippen LogP contribution is 2.25. The van der Waals surface area contributed by atoms with E-state index in [0.717, 1.165) is 16.5 Å². The molecular weight excluding hydrogens is 354 g/mol. The van der Waals surface area contributed by atoms with Gasteiger partial charge in [0, 0.05) is 5.39 Å². The van der Waals surface area contributed by atoms with E-state index in [1.54, 1.807) is 10.9 Å². The Morgan fingerprint density at radius 3 is 2.71 bits per heavy atom. The number of anilines is 1. The van der Waals surface area contributed by atoms with E-state index in [1.165, 1.54) is 0 Å². The lowest BCUT2D eigenvalue weighted by molar-refractivity contribution is 0.336. The highest BCUT2D eigenvalue weighted by molar-refractivity contribution is 5.88. The van der Waals surface area contributed by atoms with Crippen LogP contribution in [0.3, 0.4) is 0 Å². The zero-order valence-corrected chi connectivity index (χ0v) is 16.2. The predicted octanol–water partition coefficient (Wildman–Crippen LogP) is 3.52. The Morgan fingerprint density at radius 2 is 1.89 bits per heavy atom. The fraction of sp³-hybridized carbons (Fsp3) is 0.286. The Kier molecular flexibility index (Phi) is 4.50. The maximum atomic E-state index is 12.3. The van der Waals surface area contributed by atoms with Crippen LogP contribution in [-0.4, -0.2) is 32.9 Å². The van der Waals surface area contributed by atoms with E-state index in [9.17, 15) is 4.79 Å². The highest BCUT2D eigenvalue weighted by atomic mass is 16.5. The summed E-state index contributed by atoms with van der Waals surface area (Å²) in [6.45, 7) is 7.00. The van der Waals surface area contributed by atoms with Gasteiger partial charge in [0.1, 0.15) is 17.7 Å². The van der Waals surface area contributed by atoms with Gasteiger partial charge in [-0.05, 0) is 32.2 Å². The van der Waals surface area contributed by atoms with Gasteiger partial charge < -0.3 is 10.1 Å². The zero-order chi connectivity index (χ0) is 19.7. The van der Waals surface area contributed by atoms with Crippen molar-refractivity contribution >= 4 is 27.8 Å². The van der Waals surface area contributed by atoms with Gasteiger partial charge in [-0.25, -0.2) is 4.68 Å². The quantitative estimate of drug-likeness (QED) is 0.520. The molecule has 0 saturated heterocycles. The molecule has 0 aliphatic heterocycles. The molecule has 144 valence electrons. The van der Waals surface area contributed by atoms with E-state index < -0.39 is 0 Å². The summed E-state index contributed by atoms with van der Waals surface area (Å²) in [5.74, 6) is 1.24. The molecule has 2 N–H and O–H groups in total. The smallest absolute Gasteiger partial charge is 0.263 e. The van der Waals surface area contributed by atoms with Crippen molar-refractivity contribution in [3.8, 4) is 5.75 Å². The standard InChI is InChI=1S/C21H23N5O2/c1-21(2,3)26-18-16(13-23-26)19(27)25-20(24-18)22-11-12-28-17-10-6-8-14-7-4-5-9-15(14)17/h4-10,13H,11-12H2,1-3H3,(H2,22,24,25,27). The molecule has 0 aliphatic carbocycles. The summed E-state index contributed by atoms with van der Waals surface area (Å²) in [4.78, 5) is 19.6. The number of H-pyrrole nitrogens is 1. The summed E-state index contributed by atoms with van der Waals surface area (Å²) in [6.07, 6.45) is 1.56. The van der Waals surface area contributed by atoms with Crippen LogP contribution in [0.5, 0.6) is 5.75 Å². The van der Waals surface area contributed by atoms with Gasteiger partial charge in [0.25, 0.3) is 5.56 Å². The lowest BCUT2D eigenvalue weighted by Crippen LogP contribution is -2.24. The van der Waals surface area contributed by atoms with Crippen molar-refractivity contribution in [1.29, 1.82) is 0 Å². The van der Waals surface area contributed by atoms with E-state index in [1.807, 2.05) is 51.1 Å². The first kappa shape index (κ1) is 18.0. The summed E-state index contributed by atoms with van der Waals surface area (Å²) in [5.41, 5.74) is 0.0868. The number of fused-ring (bicyclic) bond motifs is 2. The van der Waals surface area contributed by atoms with Crippen LogP contribution < -0.4 is 15.6 Å². The van der Waals surface area contributed by atoms with Gasteiger partial charge in [0.15, 0.2) is 5.65 Å². The molecule has 7 heteroatoms. The largest absolute Gasteiger partial charge is 0.491 e. The van der Waals surface area contributed by atoms with Gasteiger partial charge in [-0.3, -0.25) is 9.78 Å². The molecule has 0 amide bonds. The molecule has 28 heavy (non-hydrogen) atoms. The van der Waals surface area contributed by atoms with E-state index in [0.29, 0.717) is 30.1 Å². The second-order valence-electron chi connectivity index (χ2n) is 7.63. The Balaban J connectivity index is 1.48. The van der Waals surface area contributed by atoms with Gasteiger partial charge in [-0.2, -0.15) is 10.1 Å². The van der Waals surface area contributed by atoms with Crippen LogP contribution in [0.4, 0.5) is 5.95 Å². The number of aromatic nitrogens is 4. The first-order valence-corrected chi connectivity index (χ1v) is 9.26. The molecule has 0 radical (unpaired) electrons. The maximum Gasteiger partial charge on any atom is 0.263 e. The maximum absolute atomic E-state index is 12.3. The molecule has 2 aromatic carbocycles. The fourth-order valence-corrected chi connectivity index (χ4v) is 3.15. The number of ether oxygens (including phenoxy) is 1. The van der Waals surface area contributed by atoms with E-state index in [2.05, 4.69) is 32.5 Å². The molecule has 0 aliphatic rings. The second-order valence-corrected chi connectivity index (χ2v) is 7.63. The summed E-state index contributed by atoms with van der Waals surface area (Å²) >= 11 is 0. The second kappa shape index (κ2) is 6.99. The molecule has 0 bridgehead atoms. The Morgan fingerprint density at radius 1 is 1.11 bits per heavy atom. The molecule has 0 fully saturated rings. The average Bonchev–Trinajstić information content (AvgIpc) is 3.10. The van der Waals surface area contributed by atoms with Crippen LogP contribution in [0.1, 0.15) is 20.8 Å². The number of nitrogens with zero attached hydrogens (tertiary/aromatic N) is 3. The van der Waals surface area contributed by atoms with Crippen LogP contribution in [0.25, 0.3) is 21.8 Å². The van der Waals surface area contributed by atoms with Gasteiger partial charge in [0.05, 0.1) is 18.3 Å². The summed E-state index contributed by atoms with van der Waals surface area (Å²) in [7, 11) is 0. The third-order valence-corrected chi connectivity index (χ3v) is 4.48. The molecular formula is C21H23N5O2. The van der Waals surface area contributed by atoms with Crippen molar-refractivity contribution in [2.45, 2.75) is 26.3 Å². The fourth-order valence-electron chi connectivity index (χ4n) is 3.15. The van der Waals surface area contributed by atoms with Gasteiger partial charge in [-0.1, -0.05) is 36.4 Å². The van der Waals surface area contributed by atoms with Crippen molar-refractivity contribution in [3.63, 3.8) is 0 Å². The lowest BCUT2D eigenvalue weighted by atomic mass is 10.1. The van der Waals surface area contributed by atoms with Crippen LogP contribution in [0.15, 0.2) is 53.5 Å². The van der Waals surface area contributed by atoms with Crippen LogP contribution in [0.2, 0.25) is 0 Å². The van der Waals surface area contributed by atoms with Crippen LogP contribution in [-0.2, 0) is 5.54 Å². The molecule has 4 rings (SSSR count). The predicted molar refractivity (Wildman–Crippen MR) is 111 cm³/mol. The van der Waals surface area contributed by atoms with Crippen molar-refractivity contribution in [2.75, 3.05) is 18.5 Å². The number of benzene rings is 2. The third kappa shape index (κ3) is 3.43. The molecule has 2 aromatic heterocycles. The van der Waals surface area contributed by atoms with Crippen molar-refractivity contribution < 1.29 is 4.74 Å². The Hall–Kier alpha value is -3.35. The summed E-state index contributed by atoms with van der Waals surface area (Å²) in [6, 6.07) is 14.1. The highest BCUT2D eigenvalue weighted by Gasteiger charge is 2.19. The molecule has 0 unspecified atom stereocenters. The third-order valence-electron chi connectivity index (χ3n) is 4.48. The van der Waals surface area contributed by atoms with Gasteiger partial charge >= 0.3 is 0 Å².